The van der Waals surface area contributed by atoms with Crippen molar-refractivity contribution in [3.63, 3.8) is 0 Å². The Morgan fingerprint density at radius 2 is 2.17 bits per heavy atom. The van der Waals surface area contributed by atoms with Gasteiger partial charge in [-0.2, -0.15) is 0 Å². The smallest absolute Gasteiger partial charge is 0.280 e. The van der Waals surface area contributed by atoms with Crippen molar-refractivity contribution in [1.82, 2.24) is 9.78 Å². The minimum Gasteiger partial charge on any atom is -0.298 e. The Balaban J connectivity index is 3.39. The second-order valence-electron chi connectivity index (χ2n) is 2.22. The third-order valence-electron chi connectivity index (χ3n) is 1.45. The first-order chi connectivity index (χ1) is 5.57. The molecule has 66 valence electrons. The molecule has 0 unspecified atom stereocenters. The quantitative estimate of drug-likeness (QED) is 0.665. The highest BCUT2D eigenvalue weighted by Gasteiger charge is 2.19. The SMILES string of the molecule is Cn1[nH]c(C(F)F)c(C=O)c1=O. The molecule has 0 atom stereocenters. The van der Waals surface area contributed by atoms with Crippen LogP contribution in [0.3, 0.4) is 0 Å². The van der Waals surface area contributed by atoms with Crippen molar-refractivity contribution in [2.75, 3.05) is 0 Å². The van der Waals surface area contributed by atoms with Gasteiger partial charge in [0.1, 0.15) is 11.3 Å². The second kappa shape index (κ2) is 2.88. The van der Waals surface area contributed by atoms with Crippen molar-refractivity contribution in [3.8, 4) is 0 Å². The number of halogens is 2. The van der Waals surface area contributed by atoms with Gasteiger partial charge in [0.05, 0.1) is 0 Å². The van der Waals surface area contributed by atoms with Gasteiger partial charge in [0.2, 0.25) is 0 Å². The summed E-state index contributed by atoms with van der Waals surface area (Å²) in [7, 11) is 1.27. The molecule has 0 aliphatic carbocycles. The predicted octanol–water partition coefficient (Wildman–Crippen LogP) is 0.463. The fourth-order valence-electron chi connectivity index (χ4n) is 0.868. The molecule has 0 bridgehead atoms. The van der Waals surface area contributed by atoms with Crippen molar-refractivity contribution in [3.05, 3.63) is 21.6 Å². The van der Waals surface area contributed by atoms with Crippen LogP contribution in [-0.2, 0) is 7.05 Å². The second-order valence-corrected chi connectivity index (χ2v) is 2.22. The van der Waals surface area contributed by atoms with Crippen molar-refractivity contribution >= 4 is 6.29 Å². The molecule has 0 fully saturated rings. The molecular weight excluding hydrogens is 170 g/mol. The minimum atomic E-state index is -2.83. The van der Waals surface area contributed by atoms with Crippen molar-refractivity contribution in [1.29, 1.82) is 0 Å². The molecule has 1 heterocycles. The number of aromatic amines is 1. The van der Waals surface area contributed by atoms with E-state index in [-0.39, 0.29) is 6.29 Å². The van der Waals surface area contributed by atoms with E-state index in [2.05, 4.69) is 5.10 Å². The summed E-state index contributed by atoms with van der Waals surface area (Å²) >= 11 is 0. The van der Waals surface area contributed by atoms with Crippen LogP contribution in [0.4, 0.5) is 8.78 Å². The van der Waals surface area contributed by atoms with Crippen LogP contribution in [0.15, 0.2) is 4.79 Å². The Morgan fingerprint density at radius 1 is 1.58 bits per heavy atom. The van der Waals surface area contributed by atoms with E-state index in [9.17, 15) is 18.4 Å². The van der Waals surface area contributed by atoms with Gasteiger partial charge in [-0.3, -0.25) is 19.4 Å². The molecule has 0 radical (unpaired) electrons. The lowest BCUT2D eigenvalue weighted by Crippen LogP contribution is -2.14. The first kappa shape index (κ1) is 8.63. The maximum absolute atomic E-state index is 12.1. The summed E-state index contributed by atoms with van der Waals surface area (Å²) in [6.07, 6.45) is -2.71. The molecule has 6 heteroatoms. The van der Waals surface area contributed by atoms with Crippen LogP contribution >= 0.6 is 0 Å². The highest BCUT2D eigenvalue weighted by molar-refractivity contribution is 5.75. The predicted molar refractivity (Wildman–Crippen MR) is 36.4 cm³/mol. The number of nitrogens with zero attached hydrogens (tertiary/aromatic N) is 1. The molecule has 0 spiro atoms. The summed E-state index contributed by atoms with van der Waals surface area (Å²) in [6, 6.07) is 0. The first-order valence-electron chi connectivity index (χ1n) is 3.10. The lowest BCUT2D eigenvalue weighted by Gasteiger charge is -1.93. The molecule has 0 saturated carbocycles. The van der Waals surface area contributed by atoms with Crippen LogP contribution in [0.2, 0.25) is 0 Å². The van der Waals surface area contributed by atoms with Gasteiger partial charge in [-0.25, -0.2) is 8.78 Å². The Bertz CT molecular complexity index is 353. The number of hydrogen-bond acceptors (Lipinski definition) is 2. The zero-order chi connectivity index (χ0) is 9.30. The zero-order valence-corrected chi connectivity index (χ0v) is 6.17. The number of hydrogen-bond donors (Lipinski definition) is 1. The van der Waals surface area contributed by atoms with Crippen molar-refractivity contribution in [2.24, 2.45) is 7.05 Å². The summed E-state index contributed by atoms with van der Waals surface area (Å²) in [5.74, 6) is 0. The summed E-state index contributed by atoms with van der Waals surface area (Å²) in [4.78, 5) is 21.1. The monoisotopic (exact) mass is 176 g/mol. The maximum Gasteiger partial charge on any atom is 0.280 e. The van der Waals surface area contributed by atoms with Gasteiger partial charge in [0, 0.05) is 7.05 Å². The van der Waals surface area contributed by atoms with Gasteiger partial charge in [-0.05, 0) is 0 Å². The minimum absolute atomic E-state index is 0.125. The molecule has 1 N–H and O–H groups in total. The molecule has 0 saturated heterocycles. The summed E-state index contributed by atoms with van der Waals surface area (Å²) in [6.45, 7) is 0. The van der Waals surface area contributed by atoms with E-state index in [4.69, 9.17) is 0 Å². The molecule has 0 aromatic carbocycles. The van der Waals surface area contributed by atoms with Gasteiger partial charge in [-0.15, -0.1) is 0 Å². The third-order valence-corrected chi connectivity index (χ3v) is 1.45. The fraction of sp³-hybridized carbons (Fsp3) is 0.333. The van der Waals surface area contributed by atoms with Crippen LogP contribution in [0, 0.1) is 0 Å². The molecule has 1 aromatic rings. The normalized spacial score (nSPS) is 10.7. The number of alkyl halides is 2. The zero-order valence-electron chi connectivity index (χ0n) is 6.17. The van der Waals surface area contributed by atoms with Gasteiger partial charge in [-0.1, -0.05) is 0 Å². The van der Waals surface area contributed by atoms with E-state index in [0.29, 0.717) is 0 Å². The van der Waals surface area contributed by atoms with E-state index in [0.717, 1.165) is 4.68 Å². The molecule has 0 amide bonds. The van der Waals surface area contributed by atoms with Gasteiger partial charge >= 0.3 is 0 Å². The third kappa shape index (κ3) is 1.15. The largest absolute Gasteiger partial charge is 0.298 e. The maximum atomic E-state index is 12.1. The number of aromatic nitrogens is 2. The Labute approximate surface area is 65.8 Å². The standard InChI is InChI=1S/C6H6F2N2O2/c1-10-6(12)3(2-11)4(9-10)5(7)8/h2,5,9H,1H3. The van der Waals surface area contributed by atoms with Crippen molar-refractivity contribution in [2.45, 2.75) is 6.43 Å². The Morgan fingerprint density at radius 3 is 2.50 bits per heavy atom. The van der Waals surface area contributed by atoms with Gasteiger partial charge in [0.15, 0.2) is 6.29 Å². The van der Waals surface area contributed by atoms with E-state index in [1.807, 2.05) is 0 Å². The van der Waals surface area contributed by atoms with Gasteiger partial charge < -0.3 is 0 Å². The molecular formula is C6H6F2N2O2. The number of carbonyl (C=O) groups excluding carboxylic acids is 1. The van der Waals surface area contributed by atoms with E-state index < -0.39 is 23.2 Å². The first-order valence-corrected chi connectivity index (χ1v) is 3.10. The average molecular weight is 176 g/mol. The molecule has 0 aliphatic heterocycles. The lowest BCUT2D eigenvalue weighted by atomic mass is 10.3. The molecule has 1 rings (SSSR count). The fourth-order valence-corrected chi connectivity index (χ4v) is 0.868. The van der Waals surface area contributed by atoms with Crippen molar-refractivity contribution < 1.29 is 13.6 Å². The van der Waals surface area contributed by atoms with Crippen LogP contribution in [0.5, 0.6) is 0 Å². The number of aldehydes is 1. The van der Waals surface area contributed by atoms with E-state index >= 15 is 0 Å². The van der Waals surface area contributed by atoms with Crippen LogP contribution in [-0.4, -0.2) is 16.1 Å². The highest BCUT2D eigenvalue weighted by atomic mass is 19.3. The van der Waals surface area contributed by atoms with Gasteiger partial charge in [0.25, 0.3) is 12.0 Å². The van der Waals surface area contributed by atoms with Crippen LogP contribution in [0.25, 0.3) is 0 Å². The molecule has 4 nitrogen and oxygen atoms in total. The topological polar surface area (TPSA) is 54.9 Å². The number of aryl methyl sites for hydroxylation is 1. The number of H-pyrrole nitrogens is 1. The molecule has 0 aliphatic rings. The summed E-state index contributed by atoms with van der Waals surface area (Å²) in [5.41, 5.74) is -1.87. The Hall–Kier alpha value is -1.46. The number of rotatable bonds is 2. The molecule has 12 heavy (non-hydrogen) atoms. The average Bonchev–Trinajstić information content (AvgIpc) is 2.29. The summed E-state index contributed by atoms with van der Waals surface area (Å²) < 4.78 is 25.0. The highest BCUT2D eigenvalue weighted by Crippen LogP contribution is 2.16. The van der Waals surface area contributed by atoms with Crippen LogP contribution < -0.4 is 5.56 Å². The lowest BCUT2D eigenvalue weighted by molar-refractivity contribution is 0.110. The molecule has 1 aromatic heterocycles. The van der Waals surface area contributed by atoms with E-state index in [1.165, 1.54) is 7.05 Å². The Kier molecular flexibility index (Phi) is 2.07. The number of nitrogens with one attached hydrogen (secondary N) is 1. The summed E-state index contributed by atoms with van der Waals surface area (Å²) in [5, 5.41) is 2.09. The van der Waals surface area contributed by atoms with Crippen LogP contribution in [0.1, 0.15) is 22.5 Å². The van der Waals surface area contributed by atoms with E-state index in [1.54, 1.807) is 0 Å². The number of carbonyl (C=O) groups is 1.